The third-order valence-corrected chi connectivity index (χ3v) is 1.61. The summed E-state index contributed by atoms with van der Waals surface area (Å²) in [4.78, 5) is 10.4. The zero-order valence-electron chi connectivity index (χ0n) is 7.82. The lowest BCUT2D eigenvalue weighted by atomic mass is 10.1. The number of phenolic OH excluding ortho intramolecular Hbond substituents is 1. The molecule has 0 fully saturated rings. The van der Waals surface area contributed by atoms with Gasteiger partial charge in [-0.05, 0) is 18.2 Å². The normalized spacial score (nSPS) is 8.47. The molecule has 0 aliphatic heterocycles. The summed E-state index contributed by atoms with van der Waals surface area (Å²) < 4.78 is 0. The van der Waals surface area contributed by atoms with E-state index in [1.807, 2.05) is 6.07 Å². The van der Waals surface area contributed by atoms with E-state index in [0.29, 0.717) is 11.1 Å². The van der Waals surface area contributed by atoms with Gasteiger partial charge >= 0.3 is 0 Å². The van der Waals surface area contributed by atoms with Crippen LogP contribution < -0.4 is 5.73 Å². The number of phenols is 1. The highest BCUT2D eigenvalue weighted by Crippen LogP contribution is 2.16. The molecule has 0 aliphatic carbocycles. The maximum Gasteiger partial charge on any atom is 0.229 e. The molecule has 1 aromatic rings. The van der Waals surface area contributed by atoms with Crippen LogP contribution in [0.1, 0.15) is 17.5 Å². The Balaban J connectivity index is 2.97. The number of rotatable bonds is 1. The average molecular weight is 200 g/mol. The smallest absolute Gasteiger partial charge is 0.229 e. The SMILES string of the molecule is N#Cc1ccc(O)c(C#CCC(N)=O)c1. The lowest BCUT2D eigenvalue weighted by Gasteiger charge is -1.95. The fourth-order valence-electron chi connectivity index (χ4n) is 0.932. The lowest BCUT2D eigenvalue weighted by Crippen LogP contribution is -2.08. The number of carbonyl (C=O) groups excluding carboxylic acids is 1. The van der Waals surface area contributed by atoms with Crippen molar-refractivity contribution >= 4 is 5.91 Å². The fraction of sp³-hybridized carbons (Fsp3) is 0.0909. The molecule has 1 rings (SSSR count). The lowest BCUT2D eigenvalue weighted by molar-refractivity contribution is -0.117. The number of primary amides is 1. The minimum atomic E-state index is -0.529. The number of hydrogen-bond donors (Lipinski definition) is 2. The molecule has 74 valence electrons. The van der Waals surface area contributed by atoms with Crippen molar-refractivity contribution in [3.05, 3.63) is 29.3 Å². The molecular formula is C11H8N2O2. The quantitative estimate of drug-likeness (QED) is 0.647. The number of carbonyl (C=O) groups is 1. The van der Waals surface area contributed by atoms with Crippen LogP contribution in [0.2, 0.25) is 0 Å². The number of nitriles is 1. The van der Waals surface area contributed by atoms with Crippen molar-refractivity contribution in [1.82, 2.24) is 0 Å². The standard InChI is InChI=1S/C11H8N2O2/c12-7-8-4-5-10(14)9(6-8)2-1-3-11(13)15/h4-6,14H,3H2,(H2,13,15). The van der Waals surface area contributed by atoms with Crippen LogP contribution in [0.25, 0.3) is 0 Å². The van der Waals surface area contributed by atoms with Gasteiger partial charge < -0.3 is 10.8 Å². The van der Waals surface area contributed by atoms with Gasteiger partial charge in [0.2, 0.25) is 5.91 Å². The van der Waals surface area contributed by atoms with E-state index in [0.717, 1.165) is 0 Å². The molecule has 4 heteroatoms. The second-order valence-electron chi connectivity index (χ2n) is 2.79. The Kier molecular flexibility index (Phi) is 3.32. The molecule has 0 saturated heterocycles. The fourth-order valence-corrected chi connectivity index (χ4v) is 0.932. The topological polar surface area (TPSA) is 87.1 Å². The Morgan fingerprint density at radius 2 is 2.27 bits per heavy atom. The van der Waals surface area contributed by atoms with E-state index in [1.165, 1.54) is 18.2 Å². The first kappa shape index (κ1) is 10.6. The summed E-state index contributed by atoms with van der Waals surface area (Å²) >= 11 is 0. The van der Waals surface area contributed by atoms with Crippen molar-refractivity contribution in [3.63, 3.8) is 0 Å². The summed E-state index contributed by atoms with van der Waals surface area (Å²) in [5, 5.41) is 18.0. The minimum absolute atomic E-state index is 0.0222. The highest BCUT2D eigenvalue weighted by atomic mass is 16.3. The number of amides is 1. The van der Waals surface area contributed by atoms with Crippen molar-refractivity contribution in [1.29, 1.82) is 5.26 Å². The van der Waals surface area contributed by atoms with Gasteiger partial charge in [0.15, 0.2) is 0 Å². The molecule has 0 aromatic heterocycles. The van der Waals surface area contributed by atoms with E-state index < -0.39 is 5.91 Å². The van der Waals surface area contributed by atoms with E-state index in [9.17, 15) is 9.90 Å². The molecule has 0 radical (unpaired) electrons. The number of nitrogens with two attached hydrogens (primary N) is 1. The zero-order valence-corrected chi connectivity index (χ0v) is 7.82. The Morgan fingerprint density at radius 1 is 1.53 bits per heavy atom. The van der Waals surface area contributed by atoms with Gasteiger partial charge in [0.05, 0.1) is 23.6 Å². The van der Waals surface area contributed by atoms with Gasteiger partial charge in [-0.25, -0.2) is 0 Å². The Labute approximate surface area is 86.9 Å². The molecule has 0 spiro atoms. The largest absolute Gasteiger partial charge is 0.507 e. The van der Waals surface area contributed by atoms with Gasteiger partial charge in [0.1, 0.15) is 5.75 Å². The first-order chi connectivity index (χ1) is 7.13. The average Bonchev–Trinajstić information content (AvgIpc) is 2.20. The third kappa shape index (κ3) is 3.06. The van der Waals surface area contributed by atoms with Crippen molar-refractivity contribution in [2.45, 2.75) is 6.42 Å². The van der Waals surface area contributed by atoms with Crippen LogP contribution in [-0.4, -0.2) is 11.0 Å². The molecule has 4 nitrogen and oxygen atoms in total. The highest BCUT2D eigenvalue weighted by molar-refractivity contribution is 5.76. The van der Waals surface area contributed by atoms with E-state index in [-0.39, 0.29) is 12.2 Å². The van der Waals surface area contributed by atoms with E-state index >= 15 is 0 Å². The van der Waals surface area contributed by atoms with Gasteiger partial charge in [-0.3, -0.25) is 4.79 Å². The van der Waals surface area contributed by atoms with Gasteiger partial charge in [0.25, 0.3) is 0 Å². The zero-order chi connectivity index (χ0) is 11.3. The van der Waals surface area contributed by atoms with Crippen LogP contribution in [0.15, 0.2) is 18.2 Å². The maximum absolute atomic E-state index is 10.4. The van der Waals surface area contributed by atoms with Crippen LogP contribution in [0.5, 0.6) is 5.75 Å². The summed E-state index contributed by atoms with van der Waals surface area (Å²) in [5.41, 5.74) is 5.61. The predicted octanol–water partition coefficient (Wildman–Crippen LogP) is 0.491. The van der Waals surface area contributed by atoms with Crippen molar-refractivity contribution in [2.24, 2.45) is 5.73 Å². The van der Waals surface area contributed by atoms with Crippen molar-refractivity contribution < 1.29 is 9.90 Å². The molecular weight excluding hydrogens is 192 g/mol. The summed E-state index contributed by atoms with van der Waals surface area (Å²) in [6, 6.07) is 6.23. The Bertz CT molecular complexity index is 490. The van der Waals surface area contributed by atoms with E-state index in [2.05, 4.69) is 11.8 Å². The molecule has 0 bridgehead atoms. The summed E-state index contributed by atoms with van der Waals surface area (Å²) in [6.07, 6.45) is -0.0732. The molecule has 3 N–H and O–H groups in total. The van der Waals surface area contributed by atoms with Crippen LogP contribution in [0.4, 0.5) is 0 Å². The van der Waals surface area contributed by atoms with Crippen LogP contribution in [0.3, 0.4) is 0 Å². The molecule has 1 aromatic carbocycles. The summed E-state index contributed by atoms with van der Waals surface area (Å²) in [5.74, 6) is 4.51. The molecule has 15 heavy (non-hydrogen) atoms. The number of nitrogens with zero attached hydrogens (tertiary/aromatic N) is 1. The third-order valence-electron chi connectivity index (χ3n) is 1.61. The van der Waals surface area contributed by atoms with E-state index in [1.54, 1.807) is 0 Å². The maximum atomic E-state index is 10.4. The number of aromatic hydroxyl groups is 1. The van der Waals surface area contributed by atoms with E-state index in [4.69, 9.17) is 11.0 Å². The number of benzene rings is 1. The molecule has 0 atom stereocenters. The van der Waals surface area contributed by atoms with Gasteiger partial charge in [-0.15, -0.1) is 0 Å². The minimum Gasteiger partial charge on any atom is -0.507 e. The van der Waals surface area contributed by atoms with Gasteiger partial charge in [-0.2, -0.15) is 5.26 Å². The molecule has 0 heterocycles. The molecule has 0 aliphatic rings. The molecule has 0 saturated carbocycles. The monoisotopic (exact) mass is 200 g/mol. The Hall–Kier alpha value is -2.46. The predicted molar refractivity (Wildman–Crippen MR) is 53.5 cm³/mol. The molecule has 0 unspecified atom stereocenters. The van der Waals surface area contributed by atoms with Crippen LogP contribution in [0, 0.1) is 23.2 Å². The Morgan fingerprint density at radius 3 is 2.87 bits per heavy atom. The summed E-state index contributed by atoms with van der Waals surface area (Å²) in [7, 11) is 0. The second-order valence-corrected chi connectivity index (χ2v) is 2.79. The summed E-state index contributed by atoms with van der Waals surface area (Å²) in [6.45, 7) is 0. The number of hydrogen-bond acceptors (Lipinski definition) is 3. The van der Waals surface area contributed by atoms with Crippen molar-refractivity contribution in [2.75, 3.05) is 0 Å². The molecule has 1 amide bonds. The second kappa shape index (κ2) is 4.69. The first-order valence-electron chi connectivity index (χ1n) is 4.14. The highest BCUT2D eigenvalue weighted by Gasteiger charge is 1.99. The van der Waals surface area contributed by atoms with Crippen LogP contribution in [-0.2, 0) is 4.79 Å². The van der Waals surface area contributed by atoms with Gasteiger partial charge in [-0.1, -0.05) is 11.8 Å². The van der Waals surface area contributed by atoms with Crippen LogP contribution >= 0.6 is 0 Å². The van der Waals surface area contributed by atoms with Gasteiger partial charge in [0, 0.05) is 0 Å². The first-order valence-corrected chi connectivity index (χ1v) is 4.14. The van der Waals surface area contributed by atoms with Crippen molar-refractivity contribution in [3.8, 4) is 23.7 Å².